The topological polar surface area (TPSA) is 64.8 Å². The quantitative estimate of drug-likeness (QED) is 0.659. The number of hydrogen-bond acceptors (Lipinski definition) is 4. The maximum atomic E-state index is 12.7. The zero-order valence-corrected chi connectivity index (χ0v) is 17.3. The van der Waals surface area contributed by atoms with Gasteiger partial charge < -0.3 is 20.1 Å². The van der Waals surface area contributed by atoms with E-state index in [2.05, 4.69) is 19.1 Å². The van der Waals surface area contributed by atoms with Gasteiger partial charge in [-0.3, -0.25) is 4.79 Å². The van der Waals surface area contributed by atoms with Gasteiger partial charge in [0.15, 0.2) is 0 Å². The van der Waals surface area contributed by atoms with Crippen LogP contribution in [0.25, 0.3) is 0 Å². The van der Waals surface area contributed by atoms with Gasteiger partial charge in [-0.05, 0) is 61.6 Å². The Bertz CT molecular complexity index is 785. The number of nitrogens with two attached hydrogens (primary N) is 1. The predicted octanol–water partition coefficient (Wildman–Crippen LogP) is 3.47. The van der Waals surface area contributed by atoms with Gasteiger partial charge >= 0.3 is 0 Å². The Morgan fingerprint density at radius 2 is 1.93 bits per heavy atom. The van der Waals surface area contributed by atoms with Crippen LogP contribution in [0.2, 0.25) is 0 Å². The molecular weight excluding hydrogens is 364 g/mol. The fraction of sp³-hybridized carbons (Fsp3) is 0.458. The molecule has 2 aromatic carbocycles. The Kier molecular flexibility index (Phi) is 8.08. The predicted molar refractivity (Wildman–Crippen MR) is 115 cm³/mol. The minimum atomic E-state index is 0.168. The highest BCUT2D eigenvalue weighted by Gasteiger charge is 2.23. The number of rotatable bonds is 9. The van der Waals surface area contributed by atoms with E-state index in [-0.39, 0.29) is 12.0 Å². The van der Waals surface area contributed by atoms with E-state index in [1.54, 1.807) is 0 Å². The number of hydrogen-bond donors (Lipinski definition) is 1. The summed E-state index contributed by atoms with van der Waals surface area (Å²) in [5.74, 6) is 0.965. The van der Waals surface area contributed by atoms with Gasteiger partial charge in [-0.1, -0.05) is 36.4 Å². The molecule has 0 saturated carbocycles. The summed E-state index contributed by atoms with van der Waals surface area (Å²) in [7, 11) is 0. The summed E-state index contributed by atoms with van der Waals surface area (Å²) in [5.41, 5.74) is 8.88. The van der Waals surface area contributed by atoms with E-state index in [1.807, 2.05) is 41.3 Å². The molecule has 0 aromatic heterocycles. The van der Waals surface area contributed by atoms with E-state index in [9.17, 15) is 4.79 Å². The molecule has 1 saturated heterocycles. The fourth-order valence-corrected chi connectivity index (χ4v) is 3.57. The maximum Gasteiger partial charge on any atom is 0.226 e. The van der Waals surface area contributed by atoms with Crippen LogP contribution in [0.15, 0.2) is 48.5 Å². The van der Waals surface area contributed by atoms with Gasteiger partial charge in [-0.15, -0.1) is 0 Å². The Hall–Kier alpha value is -2.37. The van der Waals surface area contributed by atoms with Crippen LogP contribution < -0.4 is 10.5 Å². The molecule has 1 aliphatic rings. The van der Waals surface area contributed by atoms with Crippen LogP contribution in [0.5, 0.6) is 5.75 Å². The lowest BCUT2D eigenvalue weighted by atomic mass is 10.1. The molecule has 3 rings (SSSR count). The number of piperidine rings is 1. The first-order valence-corrected chi connectivity index (χ1v) is 10.5. The highest BCUT2D eigenvalue weighted by atomic mass is 16.5. The standard InChI is InChI=1S/C24H32N2O3/c1-19-6-2-3-8-21(19)18-29-23-9-4-7-20(16-23)17-24(27)26-13-10-22(11-14-26)28-15-5-12-25/h2-4,6-9,16,22H,5,10-15,17-18,25H2,1H3. The Balaban J connectivity index is 1.47. The summed E-state index contributed by atoms with van der Waals surface area (Å²) < 4.78 is 11.8. The molecule has 1 aliphatic heterocycles. The molecule has 0 spiro atoms. The lowest BCUT2D eigenvalue weighted by molar-refractivity contribution is -0.133. The molecular formula is C24H32N2O3. The Morgan fingerprint density at radius 1 is 1.14 bits per heavy atom. The maximum absolute atomic E-state index is 12.7. The number of carbonyl (C=O) groups excluding carboxylic acids is 1. The van der Waals surface area contributed by atoms with E-state index in [1.165, 1.54) is 11.1 Å². The molecule has 0 bridgehead atoms. The summed E-state index contributed by atoms with van der Waals surface area (Å²) in [6.45, 7) is 5.50. The lowest BCUT2D eigenvalue weighted by Gasteiger charge is -2.32. The molecule has 0 unspecified atom stereocenters. The largest absolute Gasteiger partial charge is 0.489 e. The molecule has 1 heterocycles. The number of nitrogens with zero attached hydrogens (tertiary/aromatic N) is 1. The van der Waals surface area contributed by atoms with Gasteiger partial charge in [0.05, 0.1) is 12.5 Å². The van der Waals surface area contributed by atoms with E-state index < -0.39 is 0 Å². The summed E-state index contributed by atoms with van der Waals surface area (Å²) in [5, 5.41) is 0. The van der Waals surface area contributed by atoms with E-state index in [4.69, 9.17) is 15.2 Å². The van der Waals surface area contributed by atoms with Crippen molar-refractivity contribution in [3.63, 3.8) is 0 Å². The average molecular weight is 397 g/mol. The molecule has 2 N–H and O–H groups in total. The average Bonchev–Trinajstić information content (AvgIpc) is 2.74. The van der Waals surface area contributed by atoms with Crippen LogP contribution >= 0.6 is 0 Å². The van der Waals surface area contributed by atoms with Crippen LogP contribution in [0.1, 0.15) is 36.0 Å². The van der Waals surface area contributed by atoms with Crippen LogP contribution in [-0.2, 0) is 22.6 Å². The second kappa shape index (κ2) is 11.0. The van der Waals surface area contributed by atoms with Crippen molar-refractivity contribution in [1.29, 1.82) is 0 Å². The minimum Gasteiger partial charge on any atom is -0.489 e. The van der Waals surface area contributed by atoms with Gasteiger partial charge in [-0.25, -0.2) is 0 Å². The summed E-state index contributed by atoms with van der Waals surface area (Å²) in [6.07, 6.45) is 3.34. The molecule has 0 atom stereocenters. The van der Waals surface area contributed by atoms with Crippen LogP contribution in [0.4, 0.5) is 0 Å². The number of carbonyl (C=O) groups is 1. The third kappa shape index (κ3) is 6.58. The van der Waals surface area contributed by atoms with E-state index >= 15 is 0 Å². The van der Waals surface area contributed by atoms with Crippen molar-refractivity contribution in [3.8, 4) is 5.75 Å². The van der Waals surface area contributed by atoms with Crippen LogP contribution in [0.3, 0.4) is 0 Å². The SMILES string of the molecule is Cc1ccccc1COc1cccc(CC(=O)N2CCC(OCCCN)CC2)c1. The van der Waals surface area contributed by atoms with Crippen molar-refractivity contribution in [2.24, 2.45) is 5.73 Å². The first kappa shape index (κ1) is 21.3. The van der Waals surface area contributed by atoms with Crippen molar-refractivity contribution in [2.45, 2.75) is 45.3 Å². The number of aryl methyl sites for hydroxylation is 1. The molecule has 5 heteroatoms. The van der Waals surface area contributed by atoms with Crippen molar-refractivity contribution in [2.75, 3.05) is 26.2 Å². The molecule has 156 valence electrons. The van der Waals surface area contributed by atoms with Crippen molar-refractivity contribution >= 4 is 5.91 Å². The van der Waals surface area contributed by atoms with E-state index in [0.717, 1.165) is 43.7 Å². The summed E-state index contributed by atoms with van der Waals surface area (Å²) in [6, 6.07) is 16.1. The van der Waals surface area contributed by atoms with E-state index in [0.29, 0.717) is 26.2 Å². The second-order valence-electron chi connectivity index (χ2n) is 7.63. The minimum absolute atomic E-state index is 0.168. The van der Waals surface area contributed by atoms with Gasteiger partial charge in [0.25, 0.3) is 0 Å². The van der Waals surface area contributed by atoms with Crippen LogP contribution in [0, 0.1) is 6.92 Å². The van der Waals surface area contributed by atoms with Gasteiger partial charge in [0.1, 0.15) is 12.4 Å². The lowest BCUT2D eigenvalue weighted by Crippen LogP contribution is -2.41. The zero-order chi connectivity index (χ0) is 20.5. The molecule has 2 aromatic rings. The molecule has 0 aliphatic carbocycles. The molecule has 0 radical (unpaired) electrons. The van der Waals surface area contributed by atoms with Gasteiger partial charge in [0, 0.05) is 19.7 Å². The number of amides is 1. The van der Waals surface area contributed by atoms with Crippen LogP contribution in [-0.4, -0.2) is 43.2 Å². The van der Waals surface area contributed by atoms with Gasteiger partial charge in [0.2, 0.25) is 5.91 Å². The first-order valence-electron chi connectivity index (χ1n) is 10.5. The number of benzene rings is 2. The molecule has 5 nitrogen and oxygen atoms in total. The summed E-state index contributed by atoms with van der Waals surface area (Å²) >= 11 is 0. The van der Waals surface area contributed by atoms with Crippen molar-refractivity contribution in [3.05, 3.63) is 65.2 Å². The fourth-order valence-electron chi connectivity index (χ4n) is 3.57. The third-order valence-electron chi connectivity index (χ3n) is 5.41. The monoisotopic (exact) mass is 396 g/mol. The highest BCUT2D eigenvalue weighted by molar-refractivity contribution is 5.79. The Labute approximate surface area is 173 Å². The summed E-state index contributed by atoms with van der Waals surface area (Å²) in [4.78, 5) is 14.6. The van der Waals surface area contributed by atoms with Gasteiger partial charge in [-0.2, -0.15) is 0 Å². The normalized spacial score (nSPS) is 14.8. The molecule has 29 heavy (non-hydrogen) atoms. The zero-order valence-electron chi connectivity index (χ0n) is 17.3. The smallest absolute Gasteiger partial charge is 0.226 e. The van der Waals surface area contributed by atoms with Crippen molar-refractivity contribution in [1.82, 2.24) is 4.90 Å². The highest BCUT2D eigenvalue weighted by Crippen LogP contribution is 2.19. The third-order valence-corrected chi connectivity index (χ3v) is 5.41. The second-order valence-corrected chi connectivity index (χ2v) is 7.63. The van der Waals surface area contributed by atoms with Crippen molar-refractivity contribution < 1.29 is 14.3 Å². The number of likely N-dealkylation sites (tertiary alicyclic amines) is 1. The molecule has 1 fully saturated rings. The first-order chi connectivity index (χ1) is 14.2. The Morgan fingerprint density at radius 3 is 2.69 bits per heavy atom. The number of ether oxygens (including phenoxy) is 2. The molecule has 1 amide bonds.